The normalized spacial score (nSPS) is 10.2. The number of ether oxygens (including phenoxy) is 1. The Morgan fingerprint density at radius 3 is 2.07 bits per heavy atom. The predicted octanol–water partition coefficient (Wildman–Crippen LogP) is 4.23. The van der Waals surface area contributed by atoms with Crippen LogP contribution in [0.15, 0.2) is 72.8 Å². The van der Waals surface area contributed by atoms with Crippen LogP contribution < -0.4 is 10.1 Å². The Labute approximate surface area is 164 Å². The summed E-state index contributed by atoms with van der Waals surface area (Å²) in [6.07, 6.45) is 0. The van der Waals surface area contributed by atoms with Gasteiger partial charge in [0.2, 0.25) is 0 Å². The van der Waals surface area contributed by atoms with Crippen LogP contribution in [0.5, 0.6) is 11.5 Å². The van der Waals surface area contributed by atoms with Gasteiger partial charge in [-0.15, -0.1) is 0 Å². The topological polar surface area (TPSA) is 125 Å². The van der Waals surface area contributed by atoms with Crippen molar-refractivity contribution in [3.8, 4) is 11.5 Å². The number of amides is 1. The van der Waals surface area contributed by atoms with Crippen LogP contribution in [0.4, 0.5) is 11.4 Å². The fourth-order valence-corrected chi connectivity index (χ4v) is 2.57. The number of nitro groups is 2. The first kappa shape index (κ1) is 19.5. The molecule has 0 fully saturated rings. The van der Waals surface area contributed by atoms with Crippen molar-refractivity contribution in [2.45, 2.75) is 6.54 Å². The Bertz CT molecular complexity index is 1040. The molecule has 146 valence electrons. The average molecular weight is 393 g/mol. The van der Waals surface area contributed by atoms with E-state index in [2.05, 4.69) is 5.32 Å². The van der Waals surface area contributed by atoms with E-state index >= 15 is 0 Å². The van der Waals surface area contributed by atoms with Crippen molar-refractivity contribution in [1.82, 2.24) is 5.32 Å². The van der Waals surface area contributed by atoms with Crippen molar-refractivity contribution >= 4 is 17.3 Å². The highest BCUT2D eigenvalue weighted by Gasteiger charge is 2.19. The average Bonchev–Trinajstić information content (AvgIpc) is 2.72. The number of rotatable bonds is 7. The van der Waals surface area contributed by atoms with E-state index in [0.717, 1.165) is 23.8 Å². The molecule has 0 bridgehead atoms. The lowest BCUT2D eigenvalue weighted by atomic mass is 10.1. The molecule has 0 aliphatic heterocycles. The molecule has 0 heterocycles. The number of nitrogens with one attached hydrogen (secondary N) is 1. The second-order valence-electron chi connectivity index (χ2n) is 6.00. The number of carbonyl (C=O) groups excluding carboxylic acids is 1. The zero-order chi connectivity index (χ0) is 20.8. The minimum atomic E-state index is -0.784. The van der Waals surface area contributed by atoms with Gasteiger partial charge in [0.05, 0.1) is 21.5 Å². The van der Waals surface area contributed by atoms with E-state index in [0.29, 0.717) is 11.5 Å². The van der Waals surface area contributed by atoms with Crippen LogP contribution in [0.2, 0.25) is 0 Å². The first-order valence-corrected chi connectivity index (χ1v) is 8.46. The molecule has 0 spiro atoms. The van der Waals surface area contributed by atoms with E-state index < -0.39 is 27.1 Å². The van der Waals surface area contributed by atoms with Crippen LogP contribution in [0, 0.1) is 20.2 Å². The third-order valence-electron chi connectivity index (χ3n) is 3.92. The number of para-hydroxylation sites is 1. The zero-order valence-corrected chi connectivity index (χ0v) is 15.0. The van der Waals surface area contributed by atoms with E-state index in [1.807, 2.05) is 30.3 Å². The minimum absolute atomic E-state index is 0.112. The Balaban J connectivity index is 1.72. The van der Waals surface area contributed by atoms with Gasteiger partial charge in [-0.25, -0.2) is 0 Å². The molecule has 0 aromatic heterocycles. The molecule has 0 radical (unpaired) electrons. The monoisotopic (exact) mass is 393 g/mol. The summed E-state index contributed by atoms with van der Waals surface area (Å²) in [5.41, 5.74) is -0.487. The van der Waals surface area contributed by atoms with Crippen molar-refractivity contribution in [2.24, 2.45) is 0 Å². The Hall–Kier alpha value is -4.27. The van der Waals surface area contributed by atoms with Crippen LogP contribution in [0.3, 0.4) is 0 Å². The number of nitro benzene ring substituents is 2. The quantitative estimate of drug-likeness (QED) is 0.473. The Morgan fingerprint density at radius 2 is 1.45 bits per heavy atom. The van der Waals surface area contributed by atoms with Crippen molar-refractivity contribution in [3.63, 3.8) is 0 Å². The molecule has 0 aliphatic carbocycles. The van der Waals surface area contributed by atoms with Gasteiger partial charge in [0.1, 0.15) is 11.5 Å². The standard InChI is InChI=1S/C20H15N3O6/c24-20(15-10-16(22(25)26)12-17(11-15)23(27)28)21-13-14-5-4-8-19(9-14)29-18-6-2-1-3-7-18/h1-12H,13H2,(H,21,24). The summed E-state index contributed by atoms with van der Waals surface area (Å²) in [5.74, 6) is 0.581. The molecule has 0 aliphatic rings. The summed E-state index contributed by atoms with van der Waals surface area (Å²) in [5, 5.41) is 24.5. The Morgan fingerprint density at radius 1 is 0.828 bits per heavy atom. The summed E-state index contributed by atoms with van der Waals surface area (Å²) < 4.78 is 5.73. The molecule has 9 nitrogen and oxygen atoms in total. The third-order valence-corrected chi connectivity index (χ3v) is 3.92. The number of benzene rings is 3. The van der Waals surface area contributed by atoms with Crippen LogP contribution >= 0.6 is 0 Å². The fourth-order valence-electron chi connectivity index (χ4n) is 2.57. The second kappa shape index (κ2) is 8.61. The van der Waals surface area contributed by atoms with Crippen LogP contribution in [0.1, 0.15) is 15.9 Å². The van der Waals surface area contributed by atoms with Gasteiger partial charge < -0.3 is 10.1 Å². The minimum Gasteiger partial charge on any atom is -0.457 e. The predicted molar refractivity (Wildman–Crippen MR) is 104 cm³/mol. The van der Waals surface area contributed by atoms with Gasteiger partial charge in [0.25, 0.3) is 17.3 Å². The van der Waals surface area contributed by atoms with E-state index in [1.165, 1.54) is 0 Å². The van der Waals surface area contributed by atoms with Gasteiger partial charge in [-0.3, -0.25) is 25.0 Å². The van der Waals surface area contributed by atoms with Crippen molar-refractivity contribution in [3.05, 3.63) is 104 Å². The number of nitrogens with zero attached hydrogens (tertiary/aromatic N) is 2. The van der Waals surface area contributed by atoms with Gasteiger partial charge >= 0.3 is 0 Å². The smallest absolute Gasteiger partial charge is 0.277 e. The van der Waals surface area contributed by atoms with Crippen LogP contribution in [0.25, 0.3) is 0 Å². The largest absolute Gasteiger partial charge is 0.457 e. The Kier molecular flexibility index (Phi) is 5.79. The van der Waals surface area contributed by atoms with Gasteiger partial charge in [-0.2, -0.15) is 0 Å². The summed E-state index contributed by atoms with van der Waals surface area (Å²) >= 11 is 0. The third kappa shape index (κ3) is 5.13. The van der Waals surface area contributed by atoms with Crippen molar-refractivity contribution in [1.29, 1.82) is 0 Å². The van der Waals surface area contributed by atoms with Gasteiger partial charge in [-0.1, -0.05) is 30.3 Å². The number of hydrogen-bond donors (Lipinski definition) is 1. The molecule has 1 N–H and O–H groups in total. The maximum absolute atomic E-state index is 12.4. The maximum atomic E-state index is 12.4. The lowest BCUT2D eigenvalue weighted by Gasteiger charge is -2.09. The molecule has 29 heavy (non-hydrogen) atoms. The number of non-ortho nitro benzene ring substituents is 2. The van der Waals surface area contributed by atoms with Gasteiger partial charge in [0, 0.05) is 18.7 Å². The summed E-state index contributed by atoms with van der Waals surface area (Å²) in [6, 6.07) is 19.0. The van der Waals surface area contributed by atoms with Crippen molar-refractivity contribution in [2.75, 3.05) is 0 Å². The lowest BCUT2D eigenvalue weighted by molar-refractivity contribution is -0.394. The summed E-state index contributed by atoms with van der Waals surface area (Å²) in [6.45, 7) is 0.112. The molecule has 9 heteroatoms. The summed E-state index contributed by atoms with van der Waals surface area (Å²) in [4.78, 5) is 32.7. The fraction of sp³-hybridized carbons (Fsp3) is 0.0500. The molecule has 3 aromatic carbocycles. The molecule has 0 saturated carbocycles. The maximum Gasteiger partial charge on any atom is 0.277 e. The number of hydrogen-bond acceptors (Lipinski definition) is 6. The SMILES string of the molecule is O=C(NCc1cccc(Oc2ccccc2)c1)c1cc([N+](=O)[O-])cc([N+](=O)[O-])c1. The van der Waals surface area contributed by atoms with E-state index in [9.17, 15) is 25.0 Å². The van der Waals surface area contributed by atoms with E-state index in [-0.39, 0.29) is 12.1 Å². The first-order chi connectivity index (χ1) is 13.9. The molecule has 0 saturated heterocycles. The molecule has 1 amide bonds. The molecule has 3 rings (SSSR count). The van der Waals surface area contributed by atoms with Gasteiger partial charge in [0.15, 0.2) is 0 Å². The first-order valence-electron chi connectivity index (χ1n) is 8.46. The molecule has 0 atom stereocenters. The van der Waals surface area contributed by atoms with E-state index in [4.69, 9.17) is 4.74 Å². The molecular weight excluding hydrogens is 378 g/mol. The highest BCUT2D eigenvalue weighted by molar-refractivity contribution is 5.95. The highest BCUT2D eigenvalue weighted by Crippen LogP contribution is 2.24. The van der Waals surface area contributed by atoms with Crippen LogP contribution in [-0.4, -0.2) is 15.8 Å². The summed E-state index contributed by atoms with van der Waals surface area (Å²) in [7, 11) is 0. The molecule has 3 aromatic rings. The van der Waals surface area contributed by atoms with E-state index in [1.54, 1.807) is 24.3 Å². The van der Waals surface area contributed by atoms with Crippen LogP contribution in [-0.2, 0) is 6.54 Å². The highest BCUT2D eigenvalue weighted by atomic mass is 16.6. The number of carbonyl (C=O) groups is 1. The second-order valence-corrected chi connectivity index (χ2v) is 6.00. The zero-order valence-electron chi connectivity index (χ0n) is 15.0. The molecule has 0 unspecified atom stereocenters. The molecular formula is C20H15N3O6. The lowest BCUT2D eigenvalue weighted by Crippen LogP contribution is -2.23. The van der Waals surface area contributed by atoms with Gasteiger partial charge in [-0.05, 0) is 29.8 Å². The van der Waals surface area contributed by atoms with Crippen molar-refractivity contribution < 1.29 is 19.4 Å².